The molecule has 0 spiro atoms. The van der Waals surface area contributed by atoms with Gasteiger partial charge in [-0.25, -0.2) is 4.98 Å². The fraction of sp³-hybridized carbons (Fsp3) is 0.455. The van der Waals surface area contributed by atoms with Crippen LogP contribution in [0.2, 0.25) is 0 Å². The van der Waals surface area contributed by atoms with E-state index in [1.54, 1.807) is 6.92 Å². The molecule has 1 aromatic rings. The summed E-state index contributed by atoms with van der Waals surface area (Å²) in [6.07, 6.45) is -3.03. The number of nitrogens with zero attached hydrogens (tertiary/aromatic N) is 2. The van der Waals surface area contributed by atoms with E-state index in [1.807, 2.05) is 0 Å². The molecule has 0 unspecified atom stereocenters. The van der Waals surface area contributed by atoms with Gasteiger partial charge in [0.25, 0.3) is 5.91 Å². The van der Waals surface area contributed by atoms with E-state index in [0.29, 0.717) is 11.3 Å². The molecule has 0 atom stereocenters. The lowest BCUT2D eigenvalue weighted by Gasteiger charge is -2.23. The molecule has 1 rings (SSSR count). The number of halogens is 4. The number of alkyl halides is 3. The second-order valence-electron chi connectivity index (χ2n) is 3.68. The molecule has 100 valence electrons. The first-order valence-electron chi connectivity index (χ1n) is 5.31. The third-order valence-corrected chi connectivity index (χ3v) is 2.14. The summed E-state index contributed by atoms with van der Waals surface area (Å²) in [5, 5.41) is 0. The number of hydrogen-bond donors (Lipinski definition) is 0. The minimum atomic E-state index is -4.51. The van der Waals surface area contributed by atoms with Crippen LogP contribution in [0.4, 0.5) is 17.6 Å². The molecule has 0 bridgehead atoms. The van der Waals surface area contributed by atoms with Gasteiger partial charge in [-0.2, -0.15) is 17.6 Å². The summed E-state index contributed by atoms with van der Waals surface area (Å²) in [7, 11) is 0. The Morgan fingerprint density at radius 3 is 2.61 bits per heavy atom. The summed E-state index contributed by atoms with van der Waals surface area (Å²) < 4.78 is 50.1. The lowest BCUT2D eigenvalue weighted by Crippen LogP contribution is -2.39. The molecule has 1 amide bonds. The number of carbonyl (C=O) groups excluding carboxylic acids is 1. The second-order valence-corrected chi connectivity index (χ2v) is 3.68. The quantitative estimate of drug-likeness (QED) is 0.618. The average Bonchev–Trinajstić information content (AvgIpc) is 2.26. The summed E-state index contributed by atoms with van der Waals surface area (Å²) in [5.41, 5.74) is -0.449. The van der Waals surface area contributed by atoms with Gasteiger partial charge in [0.2, 0.25) is 5.95 Å². The highest BCUT2D eigenvalue weighted by molar-refractivity contribution is 5.94. The van der Waals surface area contributed by atoms with Crippen molar-refractivity contribution in [2.45, 2.75) is 19.5 Å². The molecule has 1 aromatic heterocycles. The smallest absolute Gasteiger partial charge is 0.329 e. The van der Waals surface area contributed by atoms with Crippen molar-refractivity contribution in [2.24, 2.45) is 0 Å². The maximum Gasteiger partial charge on any atom is 0.406 e. The summed E-state index contributed by atoms with van der Waals surface area (Å²) in [5.74, 6) is -2.06. The van der Waals surface area contributed by atoms with Crippen LogP contribution in [-0.4, -0.2) is 35.1 Å². The Balaban J connectivity index is 2.93. The third kappa shape index (κ3) is 3.97. The van der Waals surface area contributed by atoms with Crippen molar-refractivity contribution in [3.8, 4) is 0 Å². The fourth-order valence-electron chi connectivity index (χ4n) is 1.45. The monoisotopic (exact) mass is 264 g/mol. The van der Waals surface area contributed by atoms with E-state index in [9.17, 15) is 22.4 Å². The third-order valence-electron chi connectivity index (χ3n) is 2.14. The normalized spacial score (nSPS) is 11.4. The van der Waals surface area contributed by atoms with Gasteiger partial charge in [0.05, 0.1) is 5.56 Å². The highest BCUT2D eigenvalue weighted by Crippen LogP contribution is 2.18. The van der Waals surface area contributed by atoms with E-state index >= 15 is 0 Å². The van der Waals surface area contributed by atoms with Gasteiger partial charge in [-0.1, -0.05) is 6.92 Å². The number of hydrogen-bond acceptors (Lipinski definition) is 2. The molecule has 0 aliphatic carbocycles. The van der Waals surface area contributed by atoms with Crippen molar-refractivity contribution in [3.05, 3.63) is 29.8 Å². The van der Waals surface area contributed by atoms with Crippen LogP contribution in [0.15, 0.2) is 18.3 Å². The standard InChI is InChI=1S/C11H12F4N2O/c1-2-6-17(7-11(13,14)15)10(18)8-4-3-5-16-9(8)12/h3-5H,2,6-7H2,1H3. The molecule has 7 heteroatoms. The Hall–Kier alpha value is -1.66. The summed E-state index contributed by atoms with van der Waals surface area (Å²) in [4.78, 5) is 15.6. The maximum atomic E-state index is 13.2. The second kappa shape index (κ2) is 5.79. The zero-order valence-electron chi connectivity index (χ0n) is 9.67. The van der Waals surface area contributed by atoms with Gasteiger partial charge in [0, 0.05) is 12.7 Å². The van der Waals surface area contributed by atoms with Crippen LogP contribution in [0.25, 0.3) is 0 Å². The predicted octanol–water partition coefficient (Wildman–Crippen LogP) is 2.64. The Kier molecular flexibility index (Phi) is 4.63. The topological polar surface area (TPSA) is 33.2 Å². The van der Waals surface area contributed by atoms with E-state index < -0.39 is 30.1 Å². The molecule has 0 radical (unpaired) electrons. The molecular weight excluding hydrogens is 252 g/mol. The van der Waals surface area contributed by atoms with Crippen molar-refractivity contribution in [1.29, 1.82) is 0 Å². The van der Waals surface area contributed by atoms with E-state index in [-0.39, 0.29) is 6.54 Å². The van der Waals surface area contributed by atoms with Crippen LogP contribution < -0.4 is 0 Å². The van der Waals surface area contributed by atoms with Crippen LogP contribution in [0.5, 0.6) is 0 Å². The fourth-order valence-corrected chi connectivity index (χ4v) is 1.45. The van der Waals surface area contributed by atoms with Gasteiger partial charge in [-0.05, 0) is 18.6 Å². The molecule has 3 nitrogen and oxygen atoms in total. The molecule has 18 heavy (non-hydrogen) atoms. The lowest BCUT2D eigenvalue weighted by molar-refractivity contribution is -0.140. The summed E-state index contributed by atoms with van der Waals surface area (Å²) in [6, 6.07) is 2.41. The van der Waals surface area contributed by atoms with E-state index in [0.717, 1.165) is 12.3 Å². The molecule has 0 saturated carbocycles. The van der Waals surface area contributed by atoms with E-state index in [4.69, 9.17) is 0 Å². The highest BCUT2D eigenvalue weighted by atomic mass is 19.4. The van der Waals surface area contributed by atoms with Gasteiger partial charge < -0.3 is 4.90 Å². The van der Waals surface area contributed by atoms with Gasteiger partial charge >= 0.3 is 6.18 Å². The highest BCUT2D eigenvalue weighted by Gasteiger charge is 2.33. The Morgan fingerprint density at radius 1 is 1.44 bits per heavy atom. The number of aromatic nitrogens is 1. The van der Waals surface area contributed by atoms with Crippen LogP contribution in [0.3, 0.4) is 0 Å². The Labute approximate surface area is 101 Å². The SMILES string of the molecule is CCCN(CC(F)(F)F)C(=O)c1cccnc1F. The largest absolute Gasteiger partial charge is 0.406 e. The minimum Gasteiger partial charge on any atom is -0.329 e. The number of rotatable bonds is 4. The average molecular weight is 264 g/mol. The van der Waals surface area contributed by atoms with Gasteiger partial charge in [0.15, 0.2) is 0 Å². The molecule has 0 N–H and O–H groups in total. The number of pyridine rings is 1. The molecule has 0 fully saturated rings. The Bertz CT molecular complexity index is 420. The molecule has 1 heterocycles. The van der Waals surface area contributed by atoms with Crippen molar-refractivity contribution in [1.82, 2.24) is 9.88 Å². The summed E-state index contributed by atoms with van der Waals surface area (Å²) >= 11 is 0. The minimum absolute atomic E-state index is 0.0906. The maximum absolute atomic E-state index is 13.2. The zero-order chi connectivity index (χ0) is 13.8. The molecule has 0 aliphatic rings. The van der Waals surface area contributed by atoms with Crippen molar-refractivity contribution >= 4 is 5.91 Å². The van der Waals surface area contributed by atoms with Gasteiger partial charge in [-0.15, -0.1) is 0 Å². The first-order chi connectivity index (χ1) is 8.35. The Morgan fingerprint density at radius 2 is 2.11 bits per heavy atom. The molecular formula is C11H12F4N2O. The van der Waals surface area contributed by atoms with Crippen molar-refractivity contribution in [3.63, 3.8) is 0 Å². The number of carbonyl (C=O) groups is 1. The first kappa shape index (κ1) is 14.4. The van der Waals surface area contributed by atoms with Crippen LogP contribution in [0, 0.1) is 5.95 Å². The molecule has 0 aromatic carbocycles. The summed E-state index contributed by atoms with van der Waals surface area (Å²) in [6.45, 7) is 0.150. The van der Waals surface area contributed by atoms with Crippen LogP contribution >= 0.6 is 0 Å². The molecule has 0 saturated heterocycles. The van der Waals surface area contributed by atoms with Crippen LogP contribution in [0.1, 0.15) is 23.7 Å². The van der Waals surface area contributed by atoms with Crippen LogP contribution in [-0.2, 0) is 0 Å². The number of amides is 1. The van der Waals surface area contributed by atoms with E-state index in [1.165, 1.54) is 6.07 Å². The lowest BCUT2D eigenvalue weighted by atomic mass is 10.2. The van der Waals surface area contributed by atoms with Gasteiger partial charge in [-0.3, -0.25) is 4.79 Å². The predicted molar refractivity (Wildman–Crippen MR) is 56.4 cm³/mol. The van der Waals surface area contributed by atoms with Crippen molar-refractivity contribution < 1.29 is 22.4 Å². The first-order valence-corrected chi connectivity index (χ1v) is 5.31. The van der Waals surface area contributed by atoms with E-state index in [2.05, 4.69) is 4.98 Å². The zero-order valence-corrected chi connectivity index (χ0v) is 9.67. The van der Waals surface area contributed by atoms with Crippen molar-refractivity contribution in [2.75, 3.05) is 13.1 Å². The molecule has 0 aliphatic heterocycles. The van der Waals surface area contributed by atoms with Gasteiger partial charge in [0.1, 0.15) is 6.54 Å².